The van der Waals surface area contributed by atoms with E-state index >= 15 is 0 Å². The fraction of sp³-hybridized carbons (Fsp3) is 0.417. The first kappa shape index (κ1) is 15.6. The highest BCUT2D eigenvalue weighted by atomic mass is 32.2. The number of hydrogen-bond donors (Lipinski definition) is 2. The Morgan fingerprint density at radius 3 is 2.37 bits per heavy atom. The van der Waals surface area contributed by atoms with Gasteiger partial charge in [-0.05, 0) is 18.1 Å². The minimum atomic E-state index is -3.74. The van der Waals surface area contributed by atoms with Gasteiger partial charge in [-0.15, -0.1) is 0 Å². The second-order valence-electron chi connectivity index (χ2n) is 4.54. The molecular formula is C12H18N2O4S. The minimum absolute atomic E-state index is 0.0602. The molecule has 0 spiro atoms. The summed E-state index contributed by atoms with van der Waals surface area (Å²) in [5.74, 6) is -0.704. The van der Waals surface area contributed by atoms with Gasteiger partial charge in [-0.25, -0.2) is 13.9 Å². The summed E-state index contributed by atoms with van der Waals surface area (Å²) in [4.78, 5) is 11.3. The van der Waals surface area contributed by atoms with Crippen molar-refractivity contribution in [1.82, 2.24) is 9.79 Å². The number of nitrogens with zero attached hydrogens (tertiary/aromatic N) is 1. The fourth-order valence-corrected chi connectivity index (χ4v) is 3.17. The molecule has 0 atom stereocenters. The van der Waals surface area contributed by atoms with Gasteiger partial charge in [-0.3, -0.25) is 10.0 Å². The number of nitrogens with one attached hydrogen (secondary N) is 1. The molecule has 0 aliphatic carbocycles. The fourth-order valence-electron chi connectivity index (χ4n) is 1.59. The maximum Gasteiger partial charge on any atom is 0.258 e. The topological polar surface area (TPSA) is 86.7 Å². The Kier molecular flexibility index (Phi) is 5.46. The van der Waals surface area contributed by atoms with Crippen molar-refractivity contribution in [3.8, 4) is 0 Å². The predicted molar refractivity (Wildman–Crippen MR) is 70.0 cm³/mol. The predicted octanol–water partition coefficient (Wildman–Crippen LogP) is 0.839. The van der Waals surface area contributed by atoms with E-state index in [-0.39, 0.29) is 17.4 Å². The molecule has 0 heterocycles. The Morgan fingerprint density at radius 1 is 1.32 bits per heavy atom. The summed E-state index contributed by atoms with van der Waals surface area (Å²) in [6.45, 7) is 3.49. The molecule has 0 aromatic heterocycles. The van der Waals surface area contributed by atoms with Crippen LogP contribution in [0.15, 0.2) is 35.2 Å². The van der Waals surface area contributed by atoms with Crippen molar-refractivity contribution < 1.29 is 18.4 Å². The van der Waals surface area contributed by atoms with E-state index in [4.69, 9.17) is 5.21 Å². The van der Waals surface area contributed by atoms with Crippen molar-refractivity contribution in [1.29, 1.82) is 0 Å². The van der Waals surface area contributed by atoms with Gasteiger partial charge in [0, 0.05) is 6.54 Å². The van der Waals surface area contributed by atoms with E-state index in [1.54, 1.807) is 18.2 Å². The lowest BCUT2D eigenvalue weighted by Gasteiger charge is -2.22. The van der Waals surface area contributed by atoms with Gasteiger partial charge in [0.05, 0.1) is 11.4 Å². The van der Waals surface area contributed by atoms with Crippen molar-refractivity contribution in [2.24, 2.45) is 5.92 Å². The lowest BCUT2D eigenvalue weighted by molar-refractivity contribution is -0.129. The van der Waals surface area contributed by atoms with Crippen molar-refractivity contribution in [3.05, 3.63) is 30.3 Å². The molecule has 0 aliphatic rings. The van der Waals surface area contributed by atoms with Gasteiger partial charge in [0.25, 0.3) is 5.91 Å². The van der Waals surface area contributed by atoms with Gasteiger partial charge >= 0.3 is 0 Å². The van der Waals surface area contributed by atoms with Crippen LogP contribution in [0.2, 0.25) is 0 Å². The third-order valence-electron chi connectivity index (χ3n) is 2.39. The smallest absolute Gasteiger partial charge is 0.258 e. The first-order valence-corrected chi connectivity index (χ1v) is 7.30. The number of carbonyl (C=O) groups is 1. The quantitative estimate of drug-likeness (QED) is 0.599. The lowest BCUT2D eigenvalue weighted by atomic mass is 10.2. The summed E-state index contributed by atoms with van der Waals surface area (Å²) >= 11 is 0. The third kappa shape index (κ3) is 4.30. The zero-order valence-corrected chi connectivity index (χ0v) is 11.7. The number of benzene rings is 1. The zero-order valence-electron chi connectivity index (χ0n) is 10.9. The van der Waals surface area contributed by atoms with Gasteiger partial charge < -0.3 is 0 Å². The molecule has 0 saturated heterocycles. The first-order valence-electron chi connectivity index (χ1n) is 5.86. The van der Waals surface area contributed by atoms with Crippen molar-refractivity contribution in [2.45, 2.75) is 18.7 Å². The molecule has 0 unspecified atom stereocenters. The molecule has 106 valence electrons. The molecule has 0 fully saturated rings. The number of sulfonamides is 1. The third-order valence-corrected chi connectivity index (χ3v) is 4.22. The average Bonchev–Trinajstić information content (AvgIpc) is 2.38. The summed E-state index contributed by atoms with van der Waals surface area (Å²) in [5, 5.41) is 8.53. The molecule has 1 aromatic carbocycles. The van der Waals surface area contributed by atoms with Crippen molar-refractivity contribution >= 4 is 15.9 Å². The van der Waals surface area contributed by atoms with Crippen molar-refractivity contribution in [2.75, 3.05) is 13.1 Å². The van der Waals surface area contributed by atoms with Crippen LogP contribution in [0.1, 0.15) is 13.8 Å². The Labute approximate surface area is 113 Å². The van der Waals surface area contributed by atoms with E-state index in [0.29, 0.717) is 0 Å². The van der Waals surface area contributed by atoms with E-state index in [1.165, 1.54) is 17.6 Å². The number of amides is 1. The molecule has 0 bridgehead atoms. The Balaban J connectivity index is 3.05. The van der Waals surface area contributed by atoms with Gasteiger partial charge in [-0.2, -0.15) is 4.31 Å². The van der Waals surface area contributed by atoms with Gasteiger partial charge in [0.15, 0.2) is 0 Å². The lowest BCUT2D eigenvalue weighted by Crippen LogP contribution is -2.41. The Hall–Kier alpha value is -1.44. The van der Waals surface area contributed by atoms with E-state index < -0.39 is 22.5 Å². The largest absolute Gasteiger partial charge is 0.289 e. The van der Waals surface area contributed by atoms with Crippen LogP contribution in [0.25, 0.3) is 0 Å². The zero-order chi connectivity index (χ0) is 14.5. The molecule has 0 radical (unpaired) electrons. The minimum Gasteiger partial charge on any atom is -0.289 e. The monoisotopic (exact) mass is 286 g/mol. The van der Waals surface area contributed by atoms with Crippen LogP contribution < -0.4 is 5.48 Å². The molecule has 1 amide bonds. The van der Waals surface area contributed by atoms with Gasteiger partial charge in [0.1, 0.15) is 0 Å². The standard InChI is InChI=1S/C12H18N2O4S/c1-10(2)8-14(9-12(15)13-16)19(17,18)11-6-4-3-5-7-11/h3-7,10,16H,8-9H2,1-2H3,(H,13,15). The maximum absolute atomic E-state index is 12.4. The summed E-state index contributed by atoms with van der Waals surface area (Å²) in [7, 11) is -3.74. The highest BCUT2D eigenvalue weighted by Crippen LogP contribution is 2.16. The second kappa shape index (κ2) is 6.65. The van der Waals surface area contributed by atoms with Crippen LogP contribution in [-0.2, 0) is 14.8 Å². The molecule has 7 heteroatoms. The molecule has 19 heavy (non-hydrogen) atoms. The SMILES string of the molecule is CC(C)CN(CC(=O)NO)S(=O)(=O)c1ccccc1. The van der Waals surface area contributed by atoms with Crippen LogP contribution in [0.4, 0.5) is 0 Å². The molecule has 1 rings (SSSR count). The molecule has 6 nitrogen and oxygen atoms in total. The van der Waals surface area contributed by atoms with Crippen molar-refractivity contribution in [3.63, 3.8) is 0 Å². The average molecular weight is 286 g/mol. The van der Waals surface area contributed by atoms with Gasteiger partial charge in [-0.1, -0.05) is 32.0 Å². The molecule has 0 aliphatic heterocycles. The molecule has 0 saturated carbocycles. The summed E-state index contributed by atoms with van der Waals surface area (Å²) in [6.07, 6.45) is 0. The van der Waals surface area contributed by atoms with E-state index in [1.807, 2.05) is 13.8 Å². The number of hydrogen-bond acceptors (Lipinski definition) is 4. The first-order chi connectivity index (χ1) is 8.87. The van der Waals surface area contributed by atoms with Crippen LogP contribution in [0, 0.1) is 5.92 Å². The molecular weight excluding hydrogens is 268 g/mol. The summed E-state index contributed by atoms with van der Waals surface area (Å²) in [6, 6.07) is 7.89. The van der Waals surface area contributed by atoms with Crippen LogP contribution >= 0.6 is 0 Å². The van der Waals surface area contributed by atoms with Crippen LogP contribution in [0.5, 0.6) is 0 Å². The van der Waals surface area contributed by atoms with E-state index in [9.17, 15) is 13.2 Å². The summed E-state index contributed by atoms with van der Waals surface area (Å²) < 4.78 is 25.8. The number of carbonyl (C=O) groups excluding carboxylic acids is 1. The molecule has 2 N–H and O–H groups in total. The highest BCUT2D eigenvalue weighted by molar-refractivity contribution is 7.89. The Bertz CT molecular complexity index is 514. The normalized spacial score (nSPS) is 11.8. The highest BCUT2D eigenvalue weighted by Gasteiger charge is 2.26. The number of hydroxylamine groups is 1. The summed E-state index contributed by atoms with van der Waals surface area (Å²) in [5.41, 5.74) is 1.45. The van der Waals surface area contributed by atoms with E-state index in [2.05, 4.69) is 0 Å². The van der Waals surface area contributed by atoms with Gasteiger partial charge in [0.2, 0.25) is 10.0 Å². The second-order valence-corrected chi connectivity index (χ2v) is 6.48. The van der Waals surface area contributed by atoms with E-state index in [0.717, 1.165) is 4.31 Å². The Morgan fingerprint density at radius 2 is 1.89 bits per heavy atom. The maximum atomic E-state index is 12.4. The number of rotatable bonds is 6. The van der Waals surface area contributed by atoms with Crippen LogP contribution in [0.3, 0.4) is 0 Å². The van der Waals surface area contributed by atoms with Crippen LogP contribution in [-0.4, -0.2) is 36.9 Å². The molecule has 1 aromatic rings.